The van der Waals surface area contributed by atoms with Crippen molar-refractivity contribution < 1.29 is 4.79 Å². The summed E-state index contributed by atoms with van der Waals surface area (Å²) in [6.45, 7) is 1.82. The summed E-state index contributed by atoms with van der Waals surface area (Å²) in [5, 5.41) is 3.73. The monoisotopic (exact) mass is 210 g/mol. The molecule has 0 saturated heterocycles. The number of hydrogen-bond donors (Lipinski definition) is 1. The first-order chi connectivity index (χ1) is 6.61. The van der Waals surface area contributed by atoms with E-state index in [0.717, 1.165) is 11.4 Å². The third kappa shape index (κ3) is 1.24. The van der Waals surface area contributed by atoms with E-state index in [2.05, 4.69) is 5.32 Å². The van der Waals surface area contributed by atoms with Gasteiger partial charge in [-0.3, -0.25) is 4.79 Å². The van der Waals surface area contributed by atoms with Gasteiger partial charge in [0.1, 0.15) is 6.04 Å². The lowest BCUT2D eigenvalue weighted by Crippen LogP contribution is -2.43. The zero-order chi connectivity index (χ0) is 10.3. The molecule has 0 radical (unpaired) electrons. The highest BCUT2D eigenvalue weighted by molar-refractivity contribution is 6.34. The van der Waals surface area contributed by atoms with Gasteiger partial charge in [0, 0.05) is 7.05 Å². The summed E-state index contributed by atoms with van der Waals surface area (Å²) in [6, 6.07) is 5.30. The van der Waals surface area contributed by atoms with Crippen molar-refractivity contribution in [3.05, 3.63) is 23.2 Å². The van der Waals surface area contributed by atoms with Crippen LogP contribution in [0, 0.1) is 0 Å². The second kappa shape index (κ2) is 3.17. The van der Waals surface area contributed by atoms with Gasteiger partial charge in [-0.2, -0.15) is 0 Å². The molecule has 1 heterocycles. The van der Waals surface area contributed by atoms with Crippen LogP contribution in [-0.2, 0) is 4.79 Å². The van der Waals surface area contributed by atoms with Crippen LogP contribution >= 0.6 is 11.6 Å². The zero-order valence-electron chi connectivity index (χ0n) is 8.04. The second-order valence-electron chi connectivity index (χ2n) is 3.40. The molecule has 0 aliphatic carbocycles. The number of likely N-dealkylation sites (N-methyl/N-ethyl adjacent to an activating group) is 1. The van der Waals surface area contributed by atoms with Gasteiger partial charge in [-0.25, -0.2) is 0 Å². The average molecular weight is 211 g/mol. The number of carbonyl (C=O) groups is 1. The number of hydrogen-bond acceptors (Lipinski definition) is 2. The maximum absolute atomic E-state index is 11.6. The molecule has 3 nitrogen and oxygen atoms in total. The molecular weight excluding hydrogens is 200 g/mol. The van der Waals surface area contributed by atoms with Gasteiger partial charge < -0.3 is 10.2 Å². The Morgan fingerprint density at radius 3 is 2.93 bits per heavy atom. The smallest absolute Gasteiger partial charge is 0.248 e. The predicted octanol–water partition coefficient (Wildman–Crippen LogP) is 2.12. The molecule has 1 aliphatic rings. The van der Waals surface area contributed by atoms with E-state index < -0.39 is 0 Å². The fourth-order valence-corrected chi connectivity index (χ4v) is 1.85. The number of carbonyl (C=O) groups excluding carboxylic acids is 1. The highest BCUT2D eigenvalue weighted by Crippen LogP contribution is 2.36. The van der Waals surface area contributed by atoms with Crippen LogP contribution < -0.4 is 10.2 Å². The van der Waals surface area contributed by atoms with Crippen LogP contribution in [0.4, 0.5) is 11.4 Å². The largest absolute Gasteiger partial charge is 0.371 e. The first-order valence-corrected chi connectivity index (χ1v) is 4.81. The average Bonchev–Trinajstić information content (AvgIpc) is 2.17. The molecule has 1 aromatic carbocycles. The third-order valence-corrected chi connectivity index (χ3v) is 2.73. The van der Waals surface area contributed by atoms with Gasteiger partial charge in [0.2, 0.25) is 5.91 Å². The van der Waals surface area contributed by atoms with Gasteiger partial charge in [0.05, 0.1) is 16.4 Å². The molecule has 0 bridgehead atoms. The Morgan fingerprint density at radius 2 is 2.21 bits per heavy atom. The van der Waals surface area contributed by atoms with E-state index in [4.69, 9.17) is 11.6 Å². The second-order valence-corrected chi connectivity index (χ2v) is 3.80. The summed E-state index contributed by atoms with van der Waals surface area (Å²) >= 11 is 6.02. The minimum absolute atomic E-state index is 0.0553. The van der Waals surface area contributed by atoms with Crippen molar-refractivity contribution in [2.24, 2.45) is 0 Å². The standard InChI is InChI=1S/C10H11ClN2O/c1-6-10(14)13(2)8-5-3-4-7(11)9(8)12-6/h3-6,12H,1-2H3. The van der Waals surface area contributed by atoms with Crippen molar-refractivity contribution in [2.75, 3.05) is 17.3 Å². The lowest BCUT2D eigenvalue weighted by atomic mass is 10.1. The maximum Gasteiger partial charge on any atom is 0.248 e. The Kier molecular flexibility index (Phi) is 2.11. The molecule has 14 heavy (non-hydrogen) atoms. The SMILES string of the molecule is CC1Nc2c(Cl)cccc2N(C)C1=O. The normalized spacial score (nSPS) is 20.4. The molecule has 1 N–H and O–H groups in total. The van der Waals surface area contributed by atoms with Crippen LogP contribution in [0.1, 0.15) is 6.92 Å². The molecule has 0 fully saturated rings. The van der Waals surface area contributed by atoms with Gasteiger partial charge in [0.25, 0.3) is 0 Å². The molecule has 0 aromatic heterocycles. The van der Waals surface area contributed by atoms with Gasteiger partial charge in [0.15, 0.2) is 0 Å². The molecule has 4 heteroatoms. The van der Waals surface area contributed by atoms with Crippen LogP contribution in [0.2, 0.25) is 5.02 Å². The van der Waals surface area contributed by atoms with Crippen molar-refractivity contribution >= 4 is 28.9 Å². The van der Waals surface area contributed by atoms with Crippen LogP contribution in [-0.4, -0.2) is 19.0 Å². The minimum Gasteiger partial charge on any atom is -0.371 e. The van der Waals surface area contributed by atoms with E-state index in [9.17, 15) is 4.79 Å². The van der Waals surface area contributed by atoms with E-state index >= 15 is 0 Å². The minimum atomic E-state index is -0.215. The summed E-state index contributed by atoms with van der Waals surface area (Å²) in [5.74, 6) is 0.0553. The summed E-state index contributed by atoms with van der Waals surface area (Å²) in [4.78, 5) is 13.2. The molecule has 0 spiro atoms. The van der Waals surface area contributed by atoms with Crippen molar-refractivity contribution in [2.45, 2.75) is 13.0 Å². The molecule has 1 aromatic rings. The van der Waals surface area contributed by atoms with Gasteiger partial charge >= 0.3 is 0 Å². The molecular formula is C10H11ClN2O. The van der Waals surface area contributed by atoms with E-state index in [1.165, 1.54) is 0 Å². The van der Waals surface area contributed by atoms with Crippen molar-refractivity contribution in [1.29, 1.82) is 0 Å². The van der Waals surface area contributed by atoms with Crippen LogP contribution in [0.5, 0.6) is 0 Å². The van der Waals surface area contributed by atoms with Gasteiger partial charge in [-0.05, 0) is 19.1 Å². The summed E-state index contributed by atoms with van der Waals surface area (Å²) in [5.41, 5.74) is 1.67. The van der Waals surface area contributed by atoms with E-state index in [-0.39, 0.29) is 11.9 Å². The van der Waals surface area contributed by atoms with Crippen molar-refractivity contribution in [3.8, 4) is 0 Å². The molecule has 1 atom stereocenters. The zero-order valence-corrected chi connectivity index (χ0v) is 8.80. The molecule has 0 saturated carbocycles. The van der Waals surface area contributed by atoms with E-state index in [1.54, 1.807) is 11.9 Å². The van der Waals surface area contributed by atoms with Gasteiger partial charge in [-0.15, -0.1) is 0 Å². The number of para-hydroxylation sites is 1. The topological polar surface area (TPSA) is 32.3 Å². The van der Waals surface area contributed by atoms with Crippen LogP contribution in [0.15, 0.2) is 18.2 Å². The first kappa shape index (κ1) is 9.34. The van der Waals surface area contributed by atoms with Gasteiger partial charge in [-0.1, -0.05) is 17.7 Å². The molecule has 2 rings (SSSR count). The number of halogens is 1. The lowest BCUT2D eigenvalue weighted by molar-refractivity contribution is -0.118. The lowest BCUT2D eigenvalue weighted by Gasteiger charge is -2.31. The summed E-state index contributed by atoms with van der Waals surface area (Å²) in [7, 11) is 1.76. The Bertz CT molecular complexity index is 392. The number of nitrogens with one attached hydrogen (secondary N) is 1. The Balaban J connectivity index is 2.56. The third-order valence-electron chi connectivity index (χ3n) is 2.41. The summed E-state index contributed by atoms with van der Waals surface area (Å²) in [6.07, 6.45) is 0. The Morgan fingerprint density at radius 1 is 1.50 bits per heavy atom. The predicted molar refractivity (Wildman–Crippen MR) is 57.9 cm³/mol. The van der Waals surface area contributed by atoms with Crippen LogP contribution in [0.25, 0.3) is 0 Å². The highest BCUT2D eigenvalue weighted by atomic mass is 35.5. The number of nitrogens with zero attached hydrogens (tertiary/aromatic N) is 1. The van der Waals surface area contributed by atoms with E-state index in [1.807, 2.05) is 25.1 Å². The fraction of sp³-hybridized carbons (Fsp3) is 0.300. The molecule has 1 unspecified atom stereocenters. The van der Waals surface area contributed by atoms with Crippen molar-refractivity contribution in [1.82, 2.24) is 0 Å². The first-order valence-electron chi connectivity index (χ1n) is 4.44. The maximum atomic E-state index is 11.6. The Labute approximate surface area is 87.7 Å². The molecule has 1 aliphatic heterocycles. The highest BCUT2D eigenvalue weighted by Gasteiger charge is 2.27. The molecule has 74 valence electrons. The Hall–Kier alpha value is -1.22. The number of anilines is 2. The number of rotatable bonds is 0. The summed E-state index contributed by atoms with van der Waals surface area (Å²) < 4.78 is 0. The van der Waals surface area contributed by atoms with Crippen molar-refractivity contribution in [3.63, 3.8) is 0 Å². The van der Waals surface area contributed by atoms with E-state index in [0.29, 0.717) is 5.02 Å². The number of benzene rings is 1. The van der Waals surface area contributed by atoms with Crippen LogP contribution in [0.3, 0.4) is 0 Å². The number of amides is 1. The molecule has 1 amide bonds. The quantitative estimate of drug-likeness (QED) is 0.712. The number of fused-ring (bicyclic) bond motifs is 1. The fourth-order valence-electron chi connectivity index (χ4n) is 1.62.